The SMILES string of the molecule is CCOc1cc(C2C3=C(CC(C)(C)CC3=O)NC3=C2C(=O)CC(C)(C)C3)c(Br)cc1OCC(=O)[O-]. The third kappa shape index (κ3) is 5.03. The van der Waals surface area contributed by atoms with Gasteiger partial charge in [-0.05, 0) is 48.3 Å². The number of aliphatic carboxylic acids is 1. The Morgan fingerprint density at radius 3 is 1.97 bits per heavy atom. The zero-order valence-corrected chi connectivity index (χ0v) is 22.4. The maximum absolute atomic E-state index is 13.5. The van der Waals surface area contributed by atoms with E-state index < -0.39 is 18.5 Å². The van der Waals surface area contributed by atoms with Crippen LogP contribution in [-0.2, 0) is 14.4 Å². The van der Waals surface area contributed by atoms with Gasteiger partial charge >= 0.3 is 0 Å². The van der Waals surface area contributed by atoms with Gasteiger partial charge in [-0.1, -0.05) is 43.6 Å². The van der Waals surface area contributed by atoms with E-state index in [1.54, 1.807) is 12.1 Å². The van der Waals surface area contributed by atoms with Crippen LogP contribution in [0, 0.1) is 10.8 Å². The molecule has 188 valence electrons. The van der Waals surface area contributed by atoms with Gasteiger partial charge in [0.1, 0.15) is 6.61 Å². The Morgan fingerprint density at radius 1 is 0.971 bits per heavy atom. The predicted octanol–water partition coefficient (Wildman–Crippen LogP) is 3.95. The predicted molar refractivity (Wildman–Crippen MR) is 132 cm³/mol. The Balaban J connectivity index is 1.91. The van der Waals surface area contributed by atoms with Crippen LogP contribution in [0.15, 0.2) is 39.1 Å². The number of benzene rings is 1. The van der Waals surface area contributed by atoms with Crippen molar-refractivity contribution >= 4 is 33.5 Å². The van der Waals surface area contributed by atoms with Crippen LogP contribution >= 0.6 is 15.9 Å². The average Bonchev–Trinajstić information content (AvgIpc) is 2.70. The molecule has 1 aromatic carbocycles. The molecule has 1 heterocycles. The number of halogens is 1. The van der Waals surface area contributed by atoms with Gasteiger partial charge in [-0.25, -0.2) is 0 Å². The second kappa shape index (κ2) is 9.12. The summed E-state index contributed by atoms with van der Waals surface area (Å²) in [7, 11) is 0. The topological polar surface area (TPSA) is 105 Å². The molecule has 3 aliphatic rings. The van der Waals surface area contributed by atoms with Crippen LogP contribution in [0.2, 0.25) is 0 Å². The maximum Gasteiger partial charge on any atom is 0.162 e. The molecule has 35 heavy (non-hydrogen) atoms. The van der Waals surface area contributed by atoms with E-state index in [9.17, 15) is 19.5 Å². The number of carbonyl (C=O) groups excluding carboxylic acids is 3. The molecule has 0 aromatic heterocycles. The molecule has 7 nitrogen and oxygen atoms in total. The second-order valence-corrected chi connectivity index (χ2v) is 12.0. The Morgan fingerprint density at radius 2 is 1.49 bits per heavy atom. The van der Waals surface area contributed by atoms with Gasteiger partial charge in [0, 0.05) is 45.8 Å². The number of dihydropyridines is 1. The van der Waals surface area contributed by atoms with Gasteiger partial charge < -0.3 is 24.7 Å². The number of allylic oxidation sites excluding steroid dienone is 4. The van der Waals surface area contributed by atoms with Gasteiger partial charge in [-0.2, -0.15) is 0 Å². The molecular weight excluding hydrogens is 514 g/mol. The molecule has 8 heteroatoms. The second-order valence-electron chi connectivity index (χ2n) is 11.1. The van der Waals surface area contributed by atoms with Crippen LogP contribution in [0.1, 0.15) is 71.8 Å². The number of rotatable bonds is 6. The molecule has 4 rings (SSSR count). The molecule has 0 saturated carbocycles. The molecule has 0 fully saturated rings. The zero-order chi connectivity index (χ0) is 25.7. The van der Waals surface area contributed by atoms with Gasteiger partial charge in [0.25, 0.3) is 0 Å². The lowest BCUT2D eigenvalue weighted by Gasteiger charge is -2.44. The molecular formula is C27H31BrNO6-. The van der Waals surface area contributed by atoms with Gasteiger partial charge in [-0.15, -0.1) is 0 Å². The first-order valence-electron chi connectivity index (χ1n) is 11.9. The highest BCUT2D eigenvalue weighted by molar-refractivity contribution is 9.10. The number of hydrogen-bond acceptors (Lipinski definition) is 7. The molecule has 0 saturated heterocycles. The number of ether oxygens (including phenoxy) is 2. The summed E-state index contributed by atoms with van der Waals surface area (Å²) in [5.74, 6) is -1.24. The van der Waals surface area contributed by atoms with E-state index in [1.807, 2.05) is 6.92 Å². The first-order valence-corrected chi connectivity index (χ1v) is 12.7. The number of Topliss-reactive ketones (excluding diaryl/α,β-unsaturated/α-hetero) is 2. The number of nitrogens with one attached hydrogen (secondary N) is 1. The van der Waals surface area contributed by atoms with E-state index in [0.29, 0.717) is 53.7 Å². The number of carboxylic acid groups (broad SMARTS) is 1. The highest BCUT2D eigenvalue weighted by atomic mass is 79.9. The number of carbonyl (C=O) groups is 3. The van der Waals surface area contributed by atoms with Gasteiger partial charge in [0.2, 0.25) is 0 Å². The third-order valence-corrected chi connectivity index (χ3v) is 7.43. The monoisotopic (exact) mass is 544 g/mol. The smallest absolute Gasteiger partial charge is 0.162 e. The molecule has 0 unspecified atom stereocenters. The molecule has 0 bridgehead atoms. The fraction of sp³-hybridized carbons (Fsp3) is 0.519. The minimum atomic E-state index is -1.35. The Labute approximate surface area is 214 Å². The highest BCUT2D eigenvalue weighted by Crippen LogP contribution is 2.53. The van der Waals surface area contributed by atoms with Crippen LogP contribution in [0.5, 0.6) is 11.5 Å². The van der Waals surface area contributed by atoms with E-state index in [1.165, 1.54) is 0 Å². The molecule has 0 radical (unpaired) electrons. The van der Waals surface area contributed by atoms with Crippen molar-refractivity contribution in [3.63, 3.8) is 0 Å². The van der Waals surface area contributed by atoms with Crippen LogP contribution in [0.4, 0.5) is 0 Å². The van der Waals surface area contributed by atoms with E-state index in [4.69, 9.17) is 9.47 Å². The summed E-state index contributed by atoms with van der Waals surface area (Å²) < 4.78 is 11.8. The fourth-order valence-electron chi connectivity index (χ4n) is 5.49. The molecule has 0 amide bonds. The standard InChI is InChI=1S/C27H32BrNO6/c1-6-34-20-7-14(15(28)8-21(20)35-13-22(32)33)23-24-16(9-26(2,3)11-18(24)30)29-17-10-27(4,5)12-19(31)25(17)23/h7-8,23,29H,6,9-13H2,1-5H3,(H,32,33)/p-1. The van der Waals surface area contributed by atoms with Crippen molar-refractivity contribution in [1.29, 1.82) is 0 Å². The molecule has 1 aromatic rings. The van der Waals surface area contributed by atoms with E-state index >= 15 is 0 Å². The van der Waals surface area contributed by atoms with Crippen LogP contribution in [0.25, 0.3) is 0 Å². The lowest BCUT2D eigenvalue weighted by molar-refractivity contribution is -0.307. The first kappa shape index (κ1) is 25.5. The first-order chi connectivity index (χ1) is 16.3. The maximum atomic E-state index is 13.5. The Kier molecular flexibility index (Phi) is 6.64. The fourth-order valence-corrected chi connectivity index (χ4v) is 6.04. The van der Waals surface area contributed by atoms with E-state index in [2.05, 4.69) is 48.9 Å². The summed E-state index contributed by atoms with van der Waals surface area (Å²) in [4.78, 5) is 38.0. The third-order valence-electron chi connectivity index (χ3n) is 6.74. The average molecular weight is 545 g/mol. The molecule has 0 atom stereocenters. The van der Waals surface area contributed by atoms with E-state index in [-0.39, 0.29) is 28.1 Å². The van der Waals surface area contributed by atoms with Crippen LogP contribution in [0.3, 0.4) is 0 Å². The van der Waals surface area contributed by atoms with Crippen LogP contribution in [-0.4, -0.2) is 30.7 Å². The molecule has 0 spiro atoms. The summed E-state index contributed by atoms with van der Waals surface area (Å²) in [6, 6.07) is 3.39. The van der Waals surface area contributed by atoms with Gasteiger partial charge in [-0.3, -0.25) is 9.59 Å². The Bertz CT molecular complexity index is 1120. The number of carboxylic acids is 1. The van der Waals surface area contributed by atoms with Gasteiger partial charge in [0.05, 0.1) is 12.6 Å². The molecule has 2 aliphatic carbocycles. The summed E-state index contributed by atoms with van der Waals surface area (Å²) >= 11 is 3.61. The quantitative estimate of drug-likeness (QED) is 0.577. The normalized spacial score (nSPS) is 21.3. The highest BCUT2D eigenvalue weighted by Gasteiger charge is 2.47. The summed E-state index contributed by atoms with van der Waals surface area (Å²) in [6.07, 6.45) is 2.21. The minimum Gasteiger partial charge on any atom is -0.546 e. The van der Waals surface area contributed by atoms with Crippen molar-refractivity contribution in [2.24, 2.45) is 10.8 Å². The molecule has 1 aliphatic heterocycles. The van der Waals surface area contributed by atoms with Crippen molar-refractivity contribution in [2.45, 2.75) is 66.2 Å². The largest absolute Gasteiger partial charge is 0.546 e. The van der Waals surface area contributed by atoms with E-state index in [0.717, 1.165) is 17.0 Å². The lowest BCUT2D eigenvalue weighted by Crippen LogP contribution is -2.42. The van der Waals surface area contributed by atoms with Crippen molar-refractivity contribution < 1.29 is 29.0 Å². The lowest BCUT2D eigenvalue weighted by atomic mass is 9.64. The molecule has 1 N–H and O–H groups in total. The van der Waals surface area contributed by atoms with Crippen molar-refractivity contribution in [2.75, 3.05) is 13.2 Å². The Hall–Kier alpha value is -2.61. The number of hydrogen-bond donors (Lipinski definition) is 1. The van der Waals surface area contributed by atoms with Crippen molar-refractivity contribution in [3.8, 4) is 11.5 Å². The zero-order valence-electron chi connectivity index (χ0n) is 20.8. The van der Waals surface area contributed by atoms with Crippen molar-refractivity contribution in [1.82, 2.24) is 5.32 Å². The van der Waals surface area contributed by atoms with Crippen LogP contribution < -0.4 is 19.9 Å². The van der Waals surface area contributed by atoms with Crippen molar-refractivity contribution in [3.05, 3.63) is 44.7 Å². The summed E-state index contributed by atoms with van der Waals surface area (Å²) in [6.45, 7) is 9.85. The summed E-state index contributed by atoms with van der Waals surface area (Å²) in [5, 5.41) is 14.5. The van der Waals surface area contributed by atoms with Gasteiger partial charge in [0.15, 0.2) is 23.1 Å². The minimum absolute atomic E-state index is 0.0278. The number of ketones is 2. The summed E-state index contributed by atoms with van der Waals surface area (Å²) in [5.41, 5.74) is 3.36.